The molecule has 0 radical (unpaired) electrons. The number of piperazine rings is 1. The number of thiophene rings is 1. The normalized spacial score (nSPS) is 18.0. The maximum Gasteiger partial charge on any atom is 0.225 e. The van der Waals surface area contributed by atoms with Crippen molar-refractivity contribution in [1.29, 1.82) is 0 Å². The van der Waals surface area contributed by atoms with Gasteiger partial charge in [0.05, 0.1) is 6.04 Å². The number of benzene rings is 1. The molecule has 1 saturated heterocycles. The highest BCUT2D eigenvalue weighted by atomic mass is 32.1. The Balaban J connectivity index is 1.70. The van der Waals surface area contributed by atoms with Crippen molar-refractivity contribution in [1.82, 2.24) is 10.2 Å². The van der Waals surface area contributed by atoms with Gasteiger partial charge in [0, 0.05) is 48.2 Å². The third-order valence-electron chi connectivity index (χ3n) is 5.25. The van der Waals surface area contributed by atoms with Crippen LogP contribution in [0, 0.1) is 11.2 Å². The molecule has 2 aromatic rings. The van der Waals surface area contributed by atoms with Gasteiger partial charge in [0.25, 0.3) is 0 Å². The van der Waals surface area contributed by atoms with Crippen LogP contribution in [0.25, 0.3) is 0 Å². The minimum Gasteiger partial charge on any atom is -0.369 e. The number of hydrogen-bond donors (Lipinski definition) is 1. The van der Waals surface area contributed by atoms with Crippen molar-refractivity contribution >= 4 is 22.9 Å². The number of amides is 1. The van der Waals surface area contributed by atoms with E-state index in [1.807, 2.05) is 32.9 Å². The second-order valence-electron chi connectivity index (χ2n) is 8.47. The third-order valence-corrected chi connectivity index (χ3v) is 6.19. The van der Waals surface area contributed by atoms with E-state index in [9.17, 15) is 9.18 Å². The van der Waals surface area contributed by atoms with Gasteiger partial charge in [-0.1, -0.05) is 26.8 Å². The Morgan fingerprint density at radius 2 is 1.75 bits per heavy atom. The summed E-state index contributed by atoms with van der Waals surface area (Å²) in [6.45, 7) is 11.5. The highest BCUT2D eigenvalue weighted by molar-refractivity contribution is 7.10. The molecule has 152 valence electrons. The van der Waals surface area contributed by atoms with E-state index in [-0.39, 0.29) is 23.8 Å². The Hall–Kier alpha value is -1.92. The predicted molar refractivity (Wildman–Crippen MR) is 114 cm³/mol. The molecule has 1 aromatic carbocycles. The average Bonchev–Trinajstić information content (AvgIpc) is 3.16. The van der Waals surface area contributed by atoms with Crippen molar-refractivity contribution < 1.29 is 9.18 Å². The highest BCUT2D eigenvalue weighted by Gasteiger charge is 2.32. The van der Waals surface area contributed by atoms with Crippen molar-refractivity contribution in [3.63, 3.8) is 0 Å². The summed E-state index contributed by atoms with van der Waals surface area (Å²) in [7, 11) is 0. The molecule has 0 bridgehead atoms. The smallest absolute Gasteiger partial charge is 0.225 e. The van der Waals surface area contributed by atoms with Crippen molar-refractivity contribution in [2.24, 2.45) is 5.41 Å². The lowest BCUT2D eigenvalue weighted by atomic mass is 9.94. The summed E-state index contributed by atoms with van der Waals surface area (Å²) in [6.07, 6.45) is 0. The number of nitrogens with one attached hydrogen (secondary N) is 1. The molecule has 0 unspecified atom stereocenters. The van der Waals surface area contributed by atoms with Gasteiger partial charge in [-0.05, 0) is 42.6 Å². The lowest BCUT2D eigenvalue weighted by molar-refractivity contribution is -0.129. The quantitative estimate of drug-likeness (QED) is 0.808. The SMILES string of the molecule is C[C@@H](NC(=O)C(C)(C)C)[C@H](c1cccs1)N1CCN(c2ccc(F)cc2)CC1. The molecule has 1 aliphatic rings. The molecule has 2 heterocycles. The van der Waals surface area contributed by atoms with Gasteiger partial charge in [0.2, 0.25) is 5.91 Å². The van der Waals surface area contributed by atoms with E-state index in [2.05, 4.69) is 39.6 Å². The summed E-state index contributed by atoms with van der Waals surface area (Å²) in [6, 6.07) is 11.1. The van der Waals surface area contributed by atoms with Crippen LogP contribution in [0.3, 0.4) is 0 Å². The third kappa shape index (κ3) is 4.92. The lowest BCUT2D eigenvalue weighted by Crippen LogP contribution is -2.53. The van der Waals surface area contributed by atoms with Crippen LogP contribution in [0.2, 0.25) is 0 Å². The zero-order chi connectivity index (χ0) is 20.3. The molecule has 1 aromatic heterocycles. The van der Waals surface area contributed by atoms with E-state index in [1.54, 1.807) is 11.3 Å². The number of rotatable bonds is 5. The zero-order valence-electron chi connectivity index (χ0n) is 17.1. The monoisotopic (exact) mass is 403 g/mol. The molecular formula is C22H30FN3OS. The number of carbonyl (C=O) groups is 1. The van der Waals surface area contributed by atoms with Crippen LogP contribution >= 0.6 is 11.3 Å². The molecule has 1 N–H and O–H groups in total. The van der Waals surface area contributed by atoms with Crippen LogP contribution in [0.5, 0.6) is 0 Å². The van der Waals surface area contributed by atoms with Crippen LogP contribution < -0.4 is 10.2 Å². The van der Waals surface area contributed by atoms with Crippen LogP contribution in [0.1, 0.15) is 38.6 Å². The Morgan fingerprint density at radius 3 is 2.29 bits per heavy atom. The summed E-state index contributed by atoms with van der Waals surface area (Å²) in [5, 5.41) is 5.32. The summed E-state index contributed by atoms with van der Waals surface area (Å²) in [5.41, 5.74) is 0.651. The van der Waals surface area contributed by atoms with Gasteiger partial charge < -0.3 is 10.2 Å². The first kappa shape index (κ1) is 20.8. The lowest BCUT2D eigenvalue weighted by Gasteiger charge is -2.42. The molecule has 1 amide bonds. The van der Waals surface area contributed by atoms with Crippen LogP contribution in [-0.2, 0) is 4.79 Å². The largest absolute Gasteiger partial charge is 0.369 e. The number of hydrogen-bond acceptors (Lipinski definition) is 4. The molecule has 1 fully saturated rings. The number of nitrogens with zero attached hydrogens (tertiary/aromatic N) is 2. The molecule has 4 nitrogen and oxygen atoms in total. The Bertz CT molecular complexity index is 762. The second-order valence-corrected chi connectivity index (χ2v) is 9.45. The average molecular weight is 404 g/mol. The fourth-order valence-electron chi connectivity index (χ4n) is 3.61. The molecule has 2 atom stereocenters. The van der Waals surface area contributed by atoms with Gasteiger partial charge in [0.1, 0.15) is 5.82 Å². The summed E-state index contributed by atoms with van der Waals surface area (Å²) in [4.78, 5) is 18.6. The molecule has 1 aliphatic heterocycles. The molecule has 0 aliphatic carbocycles. The number of halogens is 1. The Labute approximate surface area is 171 Å². The molecule has 0 spiro atoms. The standard InChI is InChI=1S/C22H30FN3OS/c1-16(24-21(27)22(2,3)4)20(19-6-5-15-28-19)26-13-11-25(12-14-26)18-9-7-17(23)8-10-18/h5-10,15-16,20H,11-14H2,1-4H3,(H,24,27)/t16-,20-/m1/s1. The fourth-order valence-corrected chi connectivity index (χ4v) is 4.58. The topological polar surface area (TPSA) is 35.6 Å². The van der Waals surface area contributed by atoms with Crippen molar-refractivity contribution in [3.05, 3.63) is 52.5 Å². The van der Waals surface area contributed by atoms with Gasteiger partial charge in [-0.3, -0.25) is 9.69 Å². The molecule has 3 rings (SSSR count). The van der Waals surface area contributed by atoms with Crippen molar-refractivity contribution in [3.8, 4) is 0 Å². The first-order valence-corrected chi connectivity index (χ1v) is 10.7. The van der Waals surface area contributed by atoms with Crippen LogP contribution in [0.15, 0.2) is 41.8 Å². The zero-order valence-corrected chi connectivity index (χ0v) is 17.9. The summed E-state index contributed by atoms with van der Waals surface area (Å²) >= 11 is 1.74. The minimum atomic E-state index is -0.407. The summed E-state index contributed by atoms with van der Waals surface area (Å²) < 4.78 is 13.2. The van der Waals surface area contributed by atoms with Crippen molar-refractivity contribution in [2.45, 2.75) is 39.8 Å². The van der Waals surface area contributed by atoms with E-state index in [4.69, 9.17) is 0 Å². The van der Waals surface area contributed by atoms with Gasteiger partial charge in [0.15, 0.2) is 0 Å². The Morgan fingerprint density at radius 1 is 1.11 bits per heavy atom. The second kappa shape index (κ2) is 8.62. The minimum absolute atomic E-state index is 0.0164. The van der Waals surface area contributed by atoms with E-state index in [1.165, 1.54) is 17.0 Å². The first-order valence-electron chi connectivity index (χ1n) is 9.84. The maximum atomic E-state index is 13.2. The fraction of sp³-hybridized carbons (Fsp3) is 0.500. The Kier molecular flexibility index (Phi) is 6.40. The van der Waals surface area contributed by atoms with E-state index >= 15 is 0 Å². The van der Waals surface area contributed by atoms with Crippen LogP contribution in [0.4, 0.5) is 10.1 Å². The highest BCUT2D eigenvalue weighted by Crippen LogP contribution is 2.30. The van der Waals surface area contributed by atoms with E-state index in [0.717, 1.165) is 31.9 Å². The first-order chi connectivity index (χ1) is 13.3. The van der Waals surface area contributed by atoms with Gasteiger partial charge in [-0.25, -0.2) is 4.39 Å². The van der Waals surface area contributed by atoms with Gasteiger partial charge in [-0.2, -0.15) is 0 Å². The molecular weight excluding hydrogens is 373 g/mol. The predicted octanol–water partition coefficient (Wildman–Crippen LogP) is 4.30. The van der Waals surface area contributed by atoms with Crippen molar-refractivity contribution in [2.75, 3.05) is 31.1 Å². The van der Waals surface area contributed by atoms with E-state index < -0.39 is 5.41 Å². The number of carbonyl (C=O) groups excluding carboxylic acids is 1. The van der Waals surface area contributed by atoms with E-state index in [0.29, 0.717) is 0 Å². The van der Waals surface area contributed by atoms with Crippen LogP contribution in [-0.4, -0.2) is 43.0 Å². The number of anilines is 1. The molecule has 6 heteroatoms. The molecule has 28 heavy (non-hydrogen) atoms. The maximum absolute atomic E-state index is 13.2. The van der Waals surface area contributed by atoms with Gasteiger partial charge >= 0.3 is 0 Å². The summed E-state index contributed by atoms with van der Waals surface area (Å²) in [5.74, 6) is -0.130. The molecule has 0 saturated carbocycles. The van der Waals surface area contributed by atoms with Gasteiger partial charge in [-0.15, -0.1) is 11.3 Å².